The van der Waals surface area contributed by atoms with E-state index in [-0.39, 0.29) is 0 Å². The van der Waals surface area contributed by atoms with Crippen LogP contribution in [0.4, 0.5) is 0 Å². The Morgan fingerprint density at radius 3 is 2.87 bits per heavy atom. The van der Waals surface area contributed by atoms with Crippen molar-refractivity contribution < 1.29 is 4.74 Å². The first-order valence-electron chi connectivity index (χ1n) is 8.62. The molecule has 0 saturated carbocycles. The lowest BCUT2D eigenvalue weighted by atomic mass is 10.1. The van der Waals surface area contributed by atoms with Gasteiger partial charge in [0.25, 0.3) is 0 Å². The summed E-state index contributed by atoms with van der Waals surface area (Å²) < 4.78 is 8.22. The van der Waals surface area contributed by atoms with Gasteiger partial charge in [0.1, 0.15) is 5.82 Å². The van der Waals surface area contributed by atoms with E-state index < -0.39 is 0 Å². The van der Waals surface area contributed by atoms with Gasteiger partial charge in [-0.2, -0.15) is 0 Å². The van der Waals surface area contributed by atoms with Gasteiger partial charge in [-0.15, -0.1) is 0 Å². The fourth-order valence-electron chi connectivity index (χ4n) is 3.21. The molecule has 3 rings (SSSR count). The van der Waals surface area contributed by atoms with Crippen molar-refractivity contribution in [1.29, 1.82) is 0 Å². The SMILES string of the molecule is CC(C)n1ccnc1CN1CCO[C@H](CCc2ccccc2)C1. The Balaban J connectivity index is 1.53. The Morgan fingerprint density at radius 1 is 1.26 bits per heavy atom. The van der Waals surface area contributed by atoms with E-state index in [0.717, 1.165) is 44.9 Å². The summed E-state index contributed by atoms with van der Waals surface area (Å²) in [6.45, 7) is 8.13. The molecule has 1 fully saturated rings. The van der Waals surface area contributed by atoms with E-state index in [0.29, 0.717) is 12.1 Å². The van der Waals surface area contributed by atoms with E-state index in [2.05, 4.69) is 64.8 Å². The lowest BCUT2D eigenvalue weighted by molar-refractivity contribution is -0.0356. The largest absolute Gasteiger partial charge is 0.376 e. The van der Waals surface area contributed by atoms with Crippen LogP contribution in [0, 0.1) is 0 Å². The lowest BCUT2D eigenvalue weighted by Crippen LogP contribution is -2.42. The zero-order chi connectivity index (χ0) is 16.1. The molecule has 2 heterocycles. The molecule has 0 unspecified atom stereocenters. The Bertz CT molecular complexity index is 594. The van der Waals surface area contributed by atoms with Crippen molar-refractivity contribution in [2.24, 2.45) is 0 Å². The van der Waals surface area contributed by atoms with Gasteiger partial charge < -0.3 is 9.30 Å². The highest BCUT2D eigenvalue weighted by molar-refractivity contribution is 5.14. The molecule has 0 amide bonds. The minimum Gasteiger partial charge on any atom is -0.376 e. The first-order chi connectivity index (χ1) is 11.2. The number of imidazole rings is 1. The average Bonchev–Trinajstić information content (AvgIpc) is 3.03. The Labute approximate surface area is 139 Å². The van der Waals surface area contributed by atoms with Gasteiger partial charge in [0.05, 0.1) is 19.3 Å². The van der Waals surface area contributed by atoms with Crippen molar-refractivity contribution in [3.63, 3.8) is 0 Å². The highest BCUT2D eigenvalue weighted by Crippen LogP contribution is 2.16. The van der Waals surface area contributed by atoms with Crippen molar-refractivity contribution >= 4 is 0 Å². The molecule has 4 heteroatoms. The normalized spacial score (nSPS) is 19.3. The van der Waals surface area contributed by atoms with Crippen LogP contribution in [0.1, 0.15) is 37.7 Å². The van der Waals surface area contributed by atoms with Crippen LogP contribution >= 0.6 is 0 Å². The summed E-state index contributed by atoms with van der Waals surface area (Å²) in [5, 5.41) is 0. The lowest BCUT2D eigenvalue weighted by Gasteiger charge is -2.33. The number of aromatic nitrogens is 2. The van der Waals surface area contributed by atoms with Crippen LogP contribution < -0.4 is 0 Å². The van der Waals surface area contributed by atoms with Gasteiger partial charge in [-0.05, 0) is 32.3 Å². The summed E-state index contributed by atoms with van der Waals surface area (Å²) in [5.74, 6) is 1.16. The number of hydrogen-bond acceptors (Lipinski definition) is 3. The number of ether oxygens (including phenoxy) is 1. The Hall–Kier alpha value is -1.65. The van der Waals surface area contributed by atoms with E-state index >= 15 is 0 Å². The summed E-state index contributed by atoms with van der Waals surface area (Å²) >= 11 is 0. The predicted molar refractivity (Wildman–Crippen MR) is 92.4 cm³/mol. The number of benzene rings is 1. The molecule has 1 aliphatic heterocycles. The van der Waals surface area contributed by atoms with Crippen molar-refractivity contribution in [3.05, 3.63) is 54.1 Å². The quantitative estimate of drug-likeness (QED) is 0.820. The van der Waals surface area contributed by atoms with E-state index in [1.807, 2.05) is 6.20 Å². The maximum absolute atomic E-state index is 5.96. The second kappa shape index (κ2) is 7.75. The van der Waals surface area contributed by atoms with Crippen LogP contribution in [0.15, 0.2) is 42.7 Å². The fourth-order valence-corrected chi connectivity index (χ4v) is 3.21. The molecule has 1 aromatic carbocycles. The number of morpholine rings is 1. The monoisotopic (exact) mass is 313 g/mol. The van der Waals surface area contributed by atoms with Gasteiger partial charge in [0.15, 0.2) is 0 Å². The number of rotatable bonds is 6. The van der Waals surface area contributed by atoms with E-state index in [1.54, 1.807) is 0 Å². The molecule has 1 saturated heterocycles. The van der Waals surface area contributed by atoms with E-state index in [1.165, 1.54) is 5.56 Å². The van der Waals surface area contributed by atoms with E-state index in [4.69, 9.17) is 4.74 Å². The van der Waals surface area contributed by atoms with Crippen LogP contribution in [0.3, 0.4) is 0 Å². The molecule has 2 aromatic rings. The van der Waals surface area contributed by atoms with E-state index in [9.17, 15) is 0 Å². The summed E-state index contributed by atoms with van der Waals surface area (Å²) in [7, 11) is 0. The van der Waals surface area contributed by atoms with Crippen molar-refractivity contribution in [2.45, 2.75) is 45.4 Å². The predicted octanol–water partition coefficient (Wildman–Crippen LogP) is 3.30. The van der Waals surface area contributed by atoms with Crippen molar-refractivity contribution in [1.82, 2.24) is 14.5 Å². The van der Waals surface area contributed by atoms with Crippen molar-refractivity contribution in [3.8, 4) is 0 Å². The molecule has 0 radical (unpaired) electrons. The first-order valence-corrected chi connectivity index (χ1v) is 8.62. The second-order valence-corrected chi connectivity index (χ2v) is 6.60. The molecule has 1 aromatic heterocycles. The molecule has 0 aliphatic carbocycles. The average molecular weight is 313 g/mol. The summed E-state index contributed by atoms with van der Waals surface area (Å²) in [6, 6.07) is 11.1. The fraction of sp³-hybridized carbons (Fsp3) is 0.526. The van der Waals surface area contributed by atoms with Crippen molar-refractivity contribution in [2.75, 3.05) is 19.7 Å². The van der Waals surface area contributed by atoms with Gasteiger partial charge >= 0.3 is 0 Å². The molecular formula is C19H27N3O. The molecule has 0 spiro atoms. The number of aryl methyl sites for hydroxylation is 1. The maximum atomic E-state index is 5.96. The number of hydrogen-bond donors (Lipinski definition) is 0. The standard InChI is InChI=1S/C19H27N3O/c1-16(2)22-11-10-20-19(22)15-21-12-13-23-18(14-21)9-8-17-6-4-3-5-7-17/h3-7,10-11,16,18H,8-9,12-15H2,1-2H3/t18-/m1/s1. The van der Waals surface area contributed by atoms with Gasteiger partial charge in [0, 0.05) is 31.5 Å². The van der Waals surface area contributed by atoms with Crippen LogP contribution in [0.2, 0.25) is 0 Å². The summed E-state index contributed by atoms with van der Waals surface area (Å²) in [5.41, 5.74) is 1.39. The summed E-state index contributed by atoms with van der Waals surface area (Å²) in [6.07, 6.45) is 6.47. The topological polar surface area (TPSA) is 30.3 Å². The molecule has 124 valence electrons. The minimum atomic E-state index is 0.325. The smallest absolute Gasteiger partial charge is 0.123 e. The molecule has 0 bridgehead atoms. The Morgan fingerprint density at radius 2 is 2.09 bits per heavy atom. The van der Waals surface area contributed by atoms with Crippen LogP contribution in [-0.4, -0.2) is 40.3 Å². The van der Waals surface area contributed by atoms with Crippen LogP contribution in [-0.2, 0) is 17.7 Å². The minimum absolute atomic E-state index is 0.325. The molecule has 0 N–H and O–H groups in total. The second-order valence-electron chi connectivity index (χ2n) is 6.60. The summed E-state index contributed by atoms with van der Waals surface area (Å²) in [4.78, 5) is 7.00. The van der Waals surface area contributed by atoms with Gasteiger partial charge in [-0.3, -0.25) is 4.90 Å². The first kappa shape index (κ1) is 16.2. The maximum Gasteiger partial charge on any atom is 0.123 e. The van der Waals surface area contributed by atoms with Gasteiger partial charge in [-0.1, -0.05) is 30.3 Å². The van der Waals surface area contributed by atoms with Gasteiger partial charge in [-0.25, -0.2) is 4.98 Å². The van der Waals surface area contributed by atoms with Gasteiger partial charge in [0.2, 0.25) is 0 Å². The van der Waals surface area contributed by atoms with Crippen LogP contribution in [0.5, 0.6) is 0 Å². The van der Waals surface area contributed by atoms with Crippen LogP contribution in [0.25, 0.3) is 0 Å². The molecule has 1 aliphatic rings. The molecule has 1 atom stereocenters. The third kappa shape index (κ3) is 4.43. The molecule has 23 heavy (non-hydrogen) atoms. The highest BCUT2D eigenvalue weighted by Gasteiger charge is 2.21. The number of nitrogens with zero attached hydrogens (tertiary/aromatic N) is 3. The zero-order valence-electron chi connectivity index (χ0n) is 14.2. The Kier molecular flexibility index (Phi) is 5.47. The highest BCUT2D eigenvalue weighted by atomic mass is 16.5. The zero-order valence-corrected chi connectivity index (χ0v) is 14.2. The molecular weight excluding hydrogens is 286 g/mol. The third-order valence-electron chi connectivity index (χ3n) is 4.49. The third-order valence-corrected chi connectivity index (χ3v) is 4.49. The molecule has 4 nitrogen and oxygen atoms in total.